The summed E-state index contributed by atoms with van der Waals surface area (Å²) in [4.78, 5) is 17.1. The normalized spacial score (nSPS) is 18.3. The van der Waals surface area contributed by atoms with Crippen LogP contribution in [0.15, 0.2) is 40.8 Å². The highest BCUT2D eigenvalue weighted by atomic mass is 16.4. The van der Waals surface area contributed by atoms with E-state index in [1.54, 1.807) is 0 Å². The van der Waals surface area contributed by atoms with Gasteiger partial charge in [0.25, 0.3) is 5.91 Å². The minimum absolute atomic E-state index is 0.000472. The first kappa shape index (κ1) is 17.7. The first-order valence-corrected chi connectivity index (χ1v) is 9.15. The molecule has 25 heavy (non-hydrogen) atoms. The second-order valence-electron chi connectivity index (χ2n) is 7.12. The summed E-state index contributed by atoms with van der Waals surface area (Å²) in [5.74, 6) is 1.28. The van der Waals surface area contributed by atoms with Gasteiger partial charge in [-0.2, -0.15) is 0 Å². The lowest BCUT2D eigenvalue weighted by molar-refractivity contribution is 0.0587. The molecule has 1 saturated heterocycles. The van der Waals surface area contributed by atoms with E-state index in [0.717, 1.165) is 50.2 Å². The van der Waals surface area contributed by atoms with Crippen molar-refractivity contribution >= 4 is 5.91 Å². The van der Waals surface area contributed by atoms with Crippen LogP contribution in [0.2, 0.25) is 0 Å². The number of hydrogen-bond donors (Lipinski definition) is 0. The van der Waals surface area contributed by atoms with Crippen LogP contribution in [0.1, 0.15) is 40.3 Å². The molecule has 0 N–H and O–H groups in total. The van der Waals surface area contributed by atoms with Gasteiger partial charge in [0, 0.05) is 31.7 Å². The number of hydrogen-bond acceptors (Lipinski definition) is 3. The number of aryl methyl sites for hydroxylation is 2. The molecule has 134 valence electrons. The summed E-state index contributed by atoms with van der Waals surface area (Å²) in [6.07, 6.45) is 3.25. The van der Waals surface area contributed by atoms with Crippen molar-refractivity contribution in [2.75, 3.05) is 26.7 Å². The van der Waals surface area contributed by atoms with E-state index in [1.165, 1.54) is 5.56 Å². The van der Waals surface area contributed by atoms with Crippen LogP contribution < -0.4 is 0 Å². The Hall–Kier alpha value is -2.07. The lowest BCUT2D eigenvalue weighted by Crippen LogP contribution is -2.49. The smallest absolute Gasteiger partial charge is 0.289 e. The van der Waals surface area contributed by atoms with Crippen LogP contribution in [0, 0.1) is 13.8 Å². The van der Waals surface area contributed by atoms with Crippen LogP contribution in [-0.2, 0) is 6.42 Å². The van der Waals surface area contributed by atoms with Crippen molar-refractivity contribution in [1.82, 2.24) is 9.80 Å². The van der Waals surface area contributed by atoms with Gasteiger partial charge in [-0.25, -0.2) is 0 Å². The Bertz CT molecular complexity index is 708. The number of furan rings is 1. The molecule has 0 spiro atoms. The van der Waals surface area contributed by atoms with Gasteiger partial charge in [-0.05, 0) is 51.3 Å². The molecule has 0 unspecified atom stereocenters. The third-order valence-electron chi connectivity index (χ3n) is 5.14. The van der Waals surface area contributed by atoms with Gasteiger partial charge in [-0.15, -0.1) is 0 Å². The van der Waals surface area contributed by atoms with Gasteiger partial charge in [-0.1, -0.05) is 30.3 Å². The standard InChI is InChI=1S/C21H28N2O2/c1-16-14-17(2)25-20(16)21(24)22(3)19-10-7-12-23(15-19)13-11-18-8-5-4-6-9-18/h4-6,8-9,14,19H,7,10-13,15H2,1-3H3/t19-/m0/s1. The van der Waals surface area contributed by atoms with Crippen molar-refractivity contribution in [1.29, 1.82) is 0 Å². The highest BCUT2D eigenvalue weighted by molar-refractivity contribution is 5.93. The predicted molar refractivity (Wildman–Crippen MR) is 99.9 cm³/mol. The second kappa shape index (κ2) is 7.87. The van der Waals surface area contributed by atoms with Gasteiger partial charge in [-0.3, -0.25) is 4.79 Å². The van der Waals surface area contributed by atoms with Gasteiger partial charge in [0.2, 0.25) is 0 Å². The van der Waals surface area contributed by atoms with E-state index in [-0.39, 0.29) is 11.9 Å². The summed E-state index contributed by atoms with van der Waals surface area (Å²) in [7, 11) is 1.91. The number of likely N-dealkylation sites (N-methyl/N-ethyl adjacent to an activating group) is 1. The number of carbonyl (C=O) groups excluding carboxylic acids is 1. The second-order valence-corrected chi connectivity index (χ2v) is 7.12. The van der Waals surface area contributed by atoms with Crippen LogP contribution in [0.3, 0.4) is 0 Å². The Kier molecular flexibility index (Phi) is 5.59. The van der Waals surface area contributed by atoms with E-state index >= 15 is 0 Å². The quantitative estimate of drug-likeness (QED) is 0.833. The van der Waals surface area contributed by atoms with Crippen molar-refractivity contribution in [3.05, 3.63) is 59.0 Å². The monoisotopic (exact) mass is 340 g/mol. The third kappa shape index (κ3) is 4.31. The lowest BCUT2D eigenvalue weighted by Gasteiger charge is -2.37. The molecule has 3 rings (SSSR count). The highest BCUT2D eigenvalue weighted by Gasteiger charge is 2.28. The number of rotatable bonds is 5. The molecule has 1 aromatic heterocycles. The van der Waals surface area contributed by atoms with Crippen LogP contribution in [0.4, 0.5) is 0 Å². The molecule has 1 atom stereocenters. The minimum Gasteiger partial charge on any atom is -0.456 e. The molecule has 1 aliphatic rings. The molecular weight excluding hydrogens is 312 g/mol. The Balaban J connectivity index is 1.58. The Morgan fingerprint density at radius 3 is 2.72 bits per heavy atom. The molecule has 0 radical (unpaired) electrons. The Morgan fingerprint density at radius 1 is 1.28 bits per heavy atom. The molecule has 0 aliphatic carbocycles. The van der Waals surface area contributed by atoms with E-state index in [0.29, 0.717) is 5.76 Å². The summed E-state index contributed by atoms with van der Waals surface area (Å²) < 4.78 is 5.62. The highest BCUT2D eigenvalue weighted by Crippen LogP contribution is 2.20. The molecule has 0 saturated carbocycles. The average molecular weight is 340 g/mol. The van der Waals surface area contributed by atoms with Gasteiger partial charge in [0.1, 0.15) is 5.76 Å². The minimum atomic E-state index is 0.000472. The molecule has 0 bridgehead atoms. The summed E-state index contributed by atoms with van der Waals surface area (Å²) in [5, 5.41) is 0. The number of amides is 1. The number of benzene rings is 1. The van der Waals surface area contributed by atoms with Crippen molar-refractivity contribution in [2.45, 2.75) is 39.2 Å². The fourth-order valence-electron chi connectivity index (χ4n) is 3.66. The van der Waals surface area contributed by atoms with Crippen molar-refractivity contribution in [3.8, 4) is 0 Å². The van der Waals surface area contributed by atoms with Gasteiger partial charge < -0.3 is 14.2 Å². The maximum atomic E-state index is 12.8. The van der Waals surface area contributed by atoms with Crippen LogP contribution in [0.5, 0.6) is 0 Å². The first-order valence-electron chi connectivity index (χ1n) is 9.15. The predicted octanol–water partition coefficient (Wildman–Crippen LogP) is 3.68. The average Bonchev–Trinajstić information content (AvgIpc) is 2.98. The zero-order valence-corrected chi connectivity index (χ0v) is 15.5. The molecule has 1 aromatic carbocycles. The number of carbonyl (C=O) groups is 1. The molecule has 2 aromatic rings. The van der Waals surface area contributed by atoms with E-state index in [4.69, 9.17) is 4.42 Å². The zero-order valence-electron chi connectivity index (χ0n) is 15.5. The number of likely N-dealkylation sites (tertiary alicyclic amines) is 1. The van der Waals surface area contributed by atoms with Gasteiger partial charge in [0.05, 0.1) is 0 Å². The first-order chi connectivity index (χ1) is 12.0. The Labute approximate surface area is 150 Å². The number of nitrogens with zero attached hydrogens (tertiary/aromatic N) is 2. The van der Waals surface area contributed by atoms with Crippen LogP contribution in [-0.4, -0.2) is 48.4 Å². The molecule has 1 aliphatic heterocycles. The topological polar surface area (TPSA) is 36.7 Å². The maximum absolute atomic E-state index is 12.8. The largest absolute Gasteiger partial charge is 0.456 e. The van der Waals surface area contributed by atoms with Crippen molar-refractivity contribution < 1.29 is 9.21 Å². The zero-order chi connectivity index (χ0) is 17.8. The maximum Gasteiger partial charge on any atom is 0.289 e. The molecular formula is C21H28N2O2. The summed E-state index contributed by atoms with van der Waals surface area (Å²) in [6, 6.07) is 12.8. The summed E-state index contributed by atoms with van der Waals surface area (Å²) >= 11 is 0. The fourth-order valence-corrected chi connectivity index (χ4v) is 3.66. The summed E-state index contributed by atoms with van der Waals surface area (Å²) in [5.41, 5.74) is 2.29. The molecule has 4 heteroatoms. The van der Waals surface area contributed by atoms with Crippen molar-refractivity contribution in [3.63, 3.8) is 0 Å². The van der Waals surface area contributed by atoms with E-state index in [2.05, 4.69) is 35.2 Å². The molecule has 1 fully saturated rings. The summed E-state index contributed by atoms with van der Waals surface area (Å²) in [6.45, 7) is 6.92. The molecule has 1 amide bonds. The van der Waals surface area contributed by atoms with Gasteiger partial charge >= 0.3 is 0 Å². The van der Waals surface area contributed by atoms with E-state index < -0.39 is 0 Å². The van der Waals surface area contributed by atoms with Crippen LogP contribution in [0.25, 0.3) is 0 Å². The SMILES string of the molecule is Cc1cc(C)c(C(=O)N(C)[C@H]2CCCN(CCc3ccccc3)C2)o1. The van der Waals surface area contributed by atoms with E-state index in [1.807, 2.05) is 31.9 Å². The Morgan fingerprint density at radius 2 is 2.04 bits per heavy atom. The van der Waals surface area contributed by atoms with Crippen LogP contribution >= 0.6 is 0 Å². The molecule has 2 heterocycles. The van der Waals surface area contributed by atoms with E-state index in [9.17, 15) is 4.79 Å². The lowest BCUT2D eigenvalue weighted by atomic mass is 10.0. The fraction of sp³-hybridized carbons (Fsp3) is 0.476. The van der Waals surface area contributed by atoms with Crippen molar-refractivity contribution in [2.24, 2.45) is 0 Å². The number of piperidine rings is 1. The third-order valence-corrected chi connectivity index (χ3v) is 5.14. The molecule has 4 nitrogen and oxygen atoms in total. The van der Waals surface area contributed by atoms with Gasteiger partial charge in [0.15, 0.2) is 5.76 Å².